The summed E-state index contributed by atoms with van der Waals surface area (Å²) in [7, 11) is 3.47. The SMILES string of the molecule is C/N=N\C(C)=C/NC. The largest absolute Gasteiger partial charge is 0.392 e. The lowest BCUT2D eigenvalue weighted by Gasteiger charge is -1.86. The van der Waals surface area contributed by atoms with E-state index >= 15 is 0 Å². The Morgan fingerprint density at radius 2 is 2.25 bits per heavy atom. The van der Waals surface area contributed by atoms with Crippen molar-refractivity contribution >= 4 is 0 Å². The molecule has 1 N–H and O–H groups in total. The quantitative estimate of drug-likeness (QED) is 0.536. The third-order valence-corrected chi connectivity index (χ3v) is 0.611. The topological polar surface area (TPSA) is 36.8 Å². The molecule has 0 aliphatic carbocycles. The van der Waals surface area contributed by atoms with Crippen LogP contribution in [0.2, 0.25) is 0 Å². The van der Waals surface area contributed by atoms with Crippen LogP contribution >= 0.6 is 0 Å². The summed E-state index contributed by atoms with van der Waals surface area (Å²) >= 11 is 0. The molecule has 0 atom stereocenters. The third-order valence-electron chi connectivity index (χ3n) is 0.611. The van der Waals surface area contributed by atoms with Crippen molar-refractivity contribution in [3.05, 3.63) is 11.9 Å². The number of rotatable bonds is 2. The normalized spacial score (nSPS) is 12.6. The second-order valence-electron chi connectivity index (χ2n) is 1.37. The average molecular weight is 113 g/mol. The standard InChI is InChI=1S/C5H11N3/c1-5(4-6-2)8-7-3/h4,6H,1-3H3/b5-4-,8-7-. The van der Waals surface area contributed by atoms with Crippen molar-refractivity contribution in [1.82, 2.24) is 5.32 Å². The first-order valence-electron chi connectivity index (χ1n) is 2.45. The van der Waals surface area contributed by atoms with Gasteiger partial charge in [0.25, 0.3) is 0 Å². The van der Waals surface area contributed by atoms with Gasteiger partial charge in [0, 0.05) is 20.3 Å². The van der Waals surface area contributed by atoms with Gasteiger partial charge in [0.15, 0.2) is 0 Å². The van der Waals surface area contributed by atoms with Crippen LogP contribution in [-0.4, -0.2) is 14.1 Å². The van der Waals surface area contributed by atoms with Gasteiger partial charge < -0.3 is 5.32 Å². The van der Waals surface area contributed by atoms with Crippen LogP contribution in [0.5, 0.6) is 0 Å². The van der Waals surface area contributed by atoms with E-state index in [0.717, 1.165) is 5.70 Å². The molecule has 0 saturated heterocycles. The van der Waals surface area contributed by atoms with E-state index in [1.165, 1.54) is 0 Å². The molecule has 8 heavy (non-hydrogen) atoms. The lowest BCUT2D eigenvalue weighted by molar-refractivity contribution is 1.01. The smallest absolute Gasteiger partial charge is 0.0751 e. The van der Waals surface area contributed by atoms with Gasteiger partial charge in [0.2, 0.25) is 0 Å². The molecule has 0 unspecified atom stereocenters. The maximum Gasteiger partial charge on any atom is 0.0751 e. The maximum atomic E-state index is 3.74. The first kappa shape index (κ1) is 7.14. The molecule has 0 aromatic heterocycles. The van der Waals surface area contributed by atoms with Gasteiger partial charge in [0.05, 0.1) is 5.70 Å². The first-order chi connectivity index (χ1) is 3.81. The van der Waals surface area contributed by atoms with E-state index in [9.17, 15) is 0 Å². The highest BCUT2D eigenvalue weighted by Gasteiger charge is 1.75. The van der Waals surface area contributed by atoms with Gasteiger partial charge in [-0.05, 0) is 6.92 Å². The fourth-order valence-corrected chi connectivity index (χ4v) is 0.395. The van der Waals surface area contributed by atoms with Crippen LogP contribution in [0.25, 0.3) is 0 Å². The number of hydrogen-bond acceptors (Lipinski definition) is 3. The molecule has 0 saturated carbocycles. The van der Waals surface area contributed by atoms with Crippen LogP contribution in [0.1, 0.15) is 6.92 Å². The Kier molecular flexibility index (Phi) is 3.84. The van der Waals surface area contributed by atoms with Gasteiger partial charge in [-0.15, -0.1) is 0 Å². The molecule has 0 aliphatic rings. The molecule has 0 amide bonds. The van der Waals surface area contributed by atoms with E-state index in [2.05, 4.69) is 15.5 Å². The molecule has 0 radical (unpaired) electrons. The lowest BCUT2D eigenvalue weighted by Crippen LogP contribution is -1.92. The van der Waals surface area contributed by atoms with Gasteiger partial charge in [-0.3, -0.25) is 0 Å². The Morgan fingerprint density at radius 3 is 2.62 bits per heavy atom. The van der Waals surface area contributed by atoms with Crippen molar-refractivity contribution in [2.45, 2.75) is 6.92 Å². The lowest BCUT2D eigenvalue weighted by atomic mass is 10.6. The van der Waals surface area contributed by atoms with Crippen molar-refractivity contribution in [3.8, 4) is 0 Å². The number of allylic oxidation sites excluding steroid dienone is 1. The summed E-state index contributed by atoms with van der Waals surface area (Å²) in [6.07, 6.45) is 1.78. The van der Waals surface area contributed by atoms with Crippen LogP contribution in [0.3, 0.4) is 0 Å². The van der Waals surface area contributed by atoms with E-state index < -0.39 is 0 Å². The minimum atomic E-state index is 0.884. The fraction of sp³-hybridized carbons (Fsp3) is 0.600. The molecule has 0 spiro atoms. The molecule has 3 heteroatoms. The van der Waals surface area contributed by atoms with Gasteiger partial charge in [0.1, 0.15) is 0 Å². The van der Waals surface area contributed by atoms with Crippen LogP contribution in [0.15, 0.2) is 22.1 Å². The Hall–Kier alpha value is -0.860. The Balaban J connectivity index is 3.61. The molecule has 0 rings (SSSR count). The molecular formula is C5H11N3. The summed E-state index contributed by atoms with van der Waals surface area (Å²) in [4.78, 5) is 0. The zero-order chi connectivity index (χ0) is 6.41. The van der Waals surface area contributed by atoms with Crippen LogP contribution in [0, 0.1) is 0 Å². The second kappa shape index (κ2) is 4.30. The predicted octanol–water partition coefficient (Wildman–Crippen LogP) is 1.15. The van der Waals surface area contributed by atoms with Gasteiger partial charge in [-0.2, -0.15) is 10.2 Å². The zero-order valence-corrected chi connectivity index (χ0v) is 5.47. The number of azo groups is 1. The first-order valence-corrected chi connectivity index (χ1v) is 2.45. The van der Waals surface area contributed by atoms with Crippen LogP contribution < -0.4 is 5.32 Å². The van der Waals surface area contributed by atoms with Crippen LogP contribution in [-0.2, 0) is 0 Å². The van der Waals surface area contributed by atoms with Crippen molar-refractivity contribution in [2.24, 2.45) is 10.2 Å². The molecular weight excluding hydrogens is 102 g/mol. The van der Waals surface area contributed by atoms with Crippen molar-refractivity contribution in [1.29, 1.82) is 0 Å². The molecule has 0 fully saturated rings. The molecule has 0 aromatic carbocycles. The van der Waals surface area contributed by atoms with Crippen molar-refractivity contribution in [2.75, 3.05) is 14.1 Å². The van der Waals surface area contributed by atoms with Gasteiger partial charge >= 0.3 is 0 Å². The predicted molar refractivity (Wildman–Crippen MR) is 33.6 cm³/mol. The molecule has 46 valence electrons. The van der Waals surface area contributed by atoms with Crippen LogP contribution in [0.4, 0.5) is 0 Å². The summed E-state index contributed by atoms with van der Waals surface area (Å²) in [5.74, 6) is 0. The van der Waals surface area contributed by atoms with E-state index in [-0.39, 0.29) is 0 Å². The highest BCUT2D eigenvalue weighted by Crippen LogP contribution is 1.89. The highest BCUT2D eigenvalue weighted by atomic mass is 15.1. The fourth-order valence-electron chi connectivity index (χ4n) is 0.395. The van der Waals surface area contributed by atoms with Crippen molar-refractivity contribution < 1.29 is 0 Å². The Labute approximate surface area is 49.5 Å². The molecule has 0 aromatic rings. The Bertz CT molecular complexity index is 104. The molecule has 0 aliphatic heterocycles. The molecule has 3 nitrogen and oxygen atoms in total. The third kappa shape index (κ3) is 3.33. The monoisotopic (exact) mass is 113 g/mol. The zero-order valence-electron chi connectivity index (χ0n) is 5.47. The second-order valence-corrected chi connectivity index (χ2v) is 1.37. The minimum absolute atomic E-state index is 0.884. The molecule has 0 heterocycles. The molecule has 0 bridgehead atoms. The maximum absolute atomic E-state index is 3.74. The Morgan fingerprint density at radius 1 is 1.62 bits per heavy atom. The summed E-state index contributed by atoms with van der Waals surface area (Å²) in [6, 6.07) is 0. The number of nitrogens with one attached hydrogen (secondary N) is 1. The number of nitrogens with zero attached hydrogens (tertiary/aromatic N) is 2. The minimum Gasteiger partial charge on any atom is -0.392 e. The van der Waals surface area contributed by atoms with E-state index in [1.54, 1.807) is 13.2 Å². The van der Waals surface area contributed by atoms with E-state index in [0.29, 0.717) is 0 Å². The highest BCUT2D eigenvalue weighted by molar-refractivity contribution is 4.91. The summed E-state index contributed by atoms with van der Waals surface area (Å²) in [5, 5.41) is 10.1. The number of hydrogen-bond donors (Lipinski definition) is 1. The average Bonchev–Trinajstić information content (AvgIpc) is 1.68. The van der Waals surface area contributed by atoms with E-state index in [4.69, 9.17) is 0 Å². The summed E-state index contributed by atoms with van der Waals surface area (Å²) in [5.41, 5.74) is 0.884. The summed E-state index contributed by atoms with van der Waals surface area (Å²) < 4.78 is 0. The van der Waals surface area contributed by atoms with Gasteiger partial charge in [-0.25, -0.2) is 0 Å². The van der Waals surface area contributed by atoms with Gasteiger partial charge in [-0.1, -0.05) is 0 Å². The van der Waals surface area contributed by atoms with Crippen molar-refractivity contribution in [3.63, 3.8) is 0 Å². The summed E-state index contributed by atoms with van der Waals surface area (Å²) in [6.45, 7) is 1.88. The van der Waals surface area contributed by atoms with E-state index in [1.807, 2.05) is 14.0 Å².